The zero-order valence-electron chi connectivity index (χ0n) is 16.6. The Balaban J connectivity index is 1.68. The molecule has 0 saturated carbocycles. The highest BCUT2D eigenvalue weighted by Crippen LogP contribution is 2.43. The van der Waals surface area contributed by atoms with Gasteiger partial charge in [0, 0.05) is 17.1 Å². The lowest BCUT2D eigenvalue weighted by Crippen LogP contribution is -2.29. The number of ether oxygens (including phenoxy) is 2. The number of ketones is 1. The van der Waals surface area contributed by atoms with Crippen LogP contribution in [0.5, 0.6) is 11.5 Å². The molecule has 0 radical (unpaired) electrons. The van der Waals surface area contributed by atoms with Crippen molar-refractivity contribution < 1.29 is 24.2 Å². The molecule has 3 heterocycles. The Morgan fingerprint density at radius 1 is 1.10 bits per heavy atom. The average Bonchev–Trinajstić information content (AvgIpc) is 3.40. The smallest absolute Gasteiger partial charge is 0.301 e. The average molecular weight is 434 g/mol. The van der Waals surface area contributed by atoms with Gasteiger partial charge >= 0.3 is 5.91 Å². The summed E-state index contributed by atoms with van der Waals surface area (Å²) in [4.78, 5) is 31.6. The molecule has 0 aliphatic carbocycles. The Morgan fingerprint density at radius 2 is 1.84 bits per heavy atom. The minimum Gasteiger partial charge on any atom is -0.507 e. The summed E-state index contributed by atoms with van der Waals surface area (Å²) in [5.74, 6) is -0.690. The van der Waals surface area contributed by atoms with E-state index >= 15 is 0 Å². The lowest BCUT2D eigenvalue weighted by atomic mass is 9.94. The third-order valence-corrected chi connectivity index (χ3v) is 6.05. The zero-order chi connectivity index (χ0) is 21.5. The number of aliphatic hydroxyl groups excluding tert-OH is 1. The Labute approximate surface area is 182 Å². The van der Waals surface area contributed by atoms with Gasteiger partial charge in [-0.2, -0.15) is 0 Å². The first-order valence-corrected chi connectivity index (χ1v) is 10.6. The molecule has 2 aromatic carbocycles. The van der Waals surface area contributed by atoms with E-state index in [0.717, 1.165) is 5.56 Å². The lowest BCUT2D eigenvalue weighted by Gasteiger charge is -2.23. The molecular formula is C23H18N2O5S. The number of nitrogens with zero attached hydrogens (tertiary/aromatic N) is 2. The summed E-state index contributed by atoms with van der Waals surface area (Å²) in [7, 11) is 0. The number of amides is 1. The van der Waals surface area contributed by atoms with Gasteiger partial charge in [-0.25, -0.2) is 4.98 Å². The molecule has 1 saturated heterocycles. The predicted molar refractivity (Wildman–Crippen MR) is 116 cm³/mol. The quantitative estimate of drug-likeness (QED) is 0.383. The number of anilines is 1. The molecule has 0 bridgehead atoms. The summed E-state index contributed by atoms with van der Waals surface area (Å²) < 4.78 is 11.1. The first-order valence-electron chi connectivity index (χ1n) is 9.71. The first-order chi connectivity index (χ1) is 15.0. The number of aromatic nitrogens is 1. The third-order valence-electron chi connectivity index (χ3n) is 5.28. The normalized spacial score (nSPS) is 19.6. The fraction of sp³-hybridized carbons (Fsp3) is 0.174. The number of aliphatic hydroxyl groups is 1. The number of hydrogen-bond donors (Lipinski definition) is 1. The van der Waals surface area contributed by atoms with Crippen LogP contribution in [0.25, 0.3) is 5.76 Å². The molecule has 0 unspecified atom stereocenters. The largest absolute Gasteiger partial charge is 0.507 e. The molecule has 3 aromatic rings. The maximum absolute atomic E-state index is 13.1. The maximum atomic E-state index is 13.1. The van der Waals surface area contributed by atoms with Gasteiger partial charge in [0.2, 0.25) is 0 Å². The summed E-state index contributed by atoms with van der Waals surface area (Å²) >= 11 is 1.26. The van der Waals surface area contributed by atoms with E-state index in [0.29, 0.717) is 41.0 Å². The van der Waals surface area contributed by atoms with E-state index in [9.17, 15) is 14.7 Å². The van der Waals surface area contributed by atoms with Crippen LogP contribution in [0.15, 0.2) is 59.6 Å². The monoisotopic (exact) mass is 434 g/mol. The Morgan fingerprint density at radius 3 is 2.55 bits per heavy atom. The van der Waals surface area contributed by atoms with Crippen molar-refractivity contribution in [3.63, 3.8) is 0 Å². The summed E-state index contributed by atoms with van der Waals surface area (Å²) in [6, 6.07) is 11.7. The molecule has 2 aliphatic heterocycles. The van der Waals surface area contributed by atoms with Crippen LogP contribution < -0.4 is 14.4 Å². The Kier molecular flexibility index (Phi) is 4.71. The second-order valence-corrected chi connectivity index (χ2v) is 8.13. The van der Waals surface area contributed by atoms with Crippen molar-refractivity contribution in [2.45, 2.75) is 13.0 Å². The van der Waals surface area contributed by atoms with Crippen LogP contribution in [0.1, 0.15) is 22.7 Å². The predicted octanol–water partition coefficient (Wildman–Crippen LogP) is 3.85. The SMILES string of the molecule is Cc1ccc([C@H]2/C(=C(\O)c3ccc4c(c3)OCCO4)C(=O)C(=O)N2c2nccs2)cc1. The Hall–Kier alpha value is -3.65. The maximum Gasteiger partial charge on any atom is 0.301 e. The van der Waals surface area contributed by atoms with Gasteiger partial charge in [-0.1, -0.05) is 29.8 Å². The van der Waals surface area contributed by atoms with Crippen molar-refractivity contribution in [3.8, 4) is 11.5 Å². The van der Waals surface area contributed by atoms with Gasteiger partial charge in [0.25, 0.3) is 5.78 Å². The van der Waals surface area contributed by atoms with Gasteiger partial charge in [-0.3, -0.25) is 14.5 Å². The van der Waals surface area contributed by atoms with Crippen molar-refractivity contribution in [2.75, 3.05) is 18.1 Å². The molecule has 1 N–H and O–H groups in total. The summed E-state index contributed by atoms with van der Waals surface area (Å²) in [6.07, 6.45) is 1.58. The first kappa shape index (κ1) is 19.3. The minimum absolute atomic E-state index is 0.0146. The molecule has 1 amide bonds. The molecule has 31 heavy (non-hydrogen) atoms. The van der Waals surface area contributed by atoms with E-state index in [2.05, 4.69) is 4.98 Å². The number of fused-ring (bicyclic) bond motifs is 1. The number of thiazole rings is 1. The molecule has 1 fully saturated rings. The van der Waals surface area contributed by atoms with Crippen molar-refractivity contribution in [2.24, 2.45) is 0 Å². The van der Waals surface area contributed by atoms with E-state index < -0.39 is 17.7 Å². The van der Waals surface area contributed by atoms with Crippen LogP contribution in [0.2, 0.25) is 0 Å². The van der Waals surface area contributed by atoms with Gasteiger partial charge in [-0.15, -0.1) is 11.3 Å². The van der Waals surface area contributed by atoms with Crippen LogP contribution in [0.3, 0.4) is 0 Å². The Bertz CT molecular complexity index is 1200. The standard InChI is InChI=1S/C23H18N2O5S/c1-13-2-4-14(5-3-13)19-18(21(27)22(28)25(19)23-24-8-11-31-23)20(26)15-6-7-16-17(12-15)30-10-9-29-16/h2-8,11-12,19,26H,9-10H2,1H3/b20-18+/t19-/m0/s1. The van der Waals surface area contributed by atoms with Gasteiger partial charge in [0.15, 0.2) is 16.6 Å². The highest BCUT2D eigenvalue weighted by Gasteiger charge is 2.48. The van der Waals surface area contributed by atoms with Crippen LogP contribution >= 0.6 is 11.3 Å². The molecule has 1 atom stereocenters. The molecular weight excluding hydrogens is 416 g/mol. The molecule has 156 valence electrons. The number of rotatable bonds is 3. The van der Waals surface area contributed by atoms with E-state index in [1.54, 1.807) is 29.8 Å². The number of aryl methyl sites for hydroxylation is 1. The van der Waals surface area contributed by atoms with Crippen molar-refractivity contribution in [1.29, 1.82) is 0 Å². The number of carbonyl (C=O) groups excluding carboxylic acids is 2. The third kappa shape index (κ3) is 3.25. The second kappa shape index (κ2) is 7.55. The van der Waals surface area contributed by atoms with Crippen LogP contribution in [-0.2, 0) is 9.59 Å². The molecule has 8 heteroatoms. The summed E-state index contributed by atoms with van der Waals surface area (Å²) in [6.45, 7) is 2.80. The van der Waals surface area contributed by atoms with Crippen LogP contribution in [0, 0.1) is 6.92 Å². The van der Waals surface area contributed by atoms with Crippen molar-refractivity contribution in [3.05, 3.63) is 76.3 Å². The molecule has 1 aromatic heterocycles. The molecule has 7 nitrogen and oxygen atoms in total. The number of hydrogen-bond acceptors (Lipinski definition) is 7. The van der Waals surface area contributed by atoms with E-state index in [-0.39, 0.29) is 11.3 Å². The fourth-order valence-electron chi connectivity index (χ4n) is 3.78. The zero-order valence-corrected chi connectivity index (χ0v) is 17.4. The van der Waals surface area contributed by atoms with E-state index in [1.165, 1.54) is 16.2 Å². The van der Waals surface area contributed by atoms with Gasteiger partial charge < -0.3 is 14.6 Å². The highest BCUT2D eigenvalue weighted by molar-refractivity contribution is 7.14. The number of Topliss-reactive ketones (excluding diaryl/α,β-unsaturated/α-hetero) is 1. The molecule has 2 aliphatic rings. The van der Waals surface area contributed by atoms with Gasteiger partial charge in [-0.05, 0) is 30.7 Å². The van der Waals surface area contributed by atoms with Crippen LogP contribution in [-0.4, -0.2) is 35.0 Å². The number of carbonyl (C=O) groups is 2. The second-order valence-electron chi connectivity index (χ2n) is 7.25. The van der Waals surface area contributed by atoms with Crippen molar-refractivity contribution in [1.82, 2.24) is 4.98 Å². The number of benzene rings is 2. The van der Waals surface area contributed by atoms with Crippen LogP contribution in [0.4, 0.5) is 5.13 Å². The highest BCUT2D eigenvalue weighted by atomic mass is 32.1. The molecule has 0 spiro atoms. The van der Waals surface area contributed by atoms with Crippen molar-refractivity contribution >= 4 is 33.9 Å². The summed E-state index contributed by atoms with van der Waals surface area (Å²) in [5, 5.41) is 13.3. The van der Waals surface area contributed by atoms with E-state index in [4.69, 9.17) is 9.47 Å². The minimum atomic E-state index is -0.792. The van der Waals surface area contributed by atoms with E-state index in [1.807, 2.05) is 31.2 Å². The summed E-state index contributed by atoms with van der Waals surface area (Å²) in [5.41, 5.74) is 2.14. The van der Waals surface area contributed by atoms with Gasteiger partial charge in [0.1, 0.15) is 19.0 Å². The fourth-order valence-corrected chi connectivity index (χ4v) is 4.44. The lowest BCUT2D eigenvalue weighted by molar-refractivity contribution is -0.132. The topological polar surface area (TPSA) is 89.0 Å². The van der Waals surface area contributed by atoms with Gasteiger partial charge in [0.05, 0.1) is 11.6 Å². The molecule has 5 rings (SSSR count).